The quantitative estimate of drug-likeness (QED) is 0.717. The Hall–Kier alpha value is -0.280. The van der Waals surface area contributed by atoms with Gasteiger partial charge in [-0.2, -0.15) is 0 Å². The van der Waals surface area contributed by atoms with Gasteiger partial charge in [-0.1, -0.05) is 0 Å². The van der Waals surface area contributed by atoms with Gasteiger partial charge in [0, 0.05) is 13.0 Å². The molecule has 0 aromatic rings. The van der Waals surface area contributed by atoms with Crippen molar-refractivity contribution in [2.24, 2.45) is 5.92 Å². The first-order chi connectivity index (χ1) is 5.18. The first kappa shape index (κ1) is 11.7. The van der Waals surface area contributed by atoms with Gasteiger partial charge in [0.2, 0.25) is 0 Å². The largest absolute Gasteiger partial charge is 0.481 e. The van der Waals surface area contributed by atoms with Crippen LogP contribution < -0.4 is 0 Å². The first-order valence-electron chi connectivity index (χ1n) is 4.09. The van der Waals surface area contributed by atoms with Crippen molar-refractivity contribution in [3.05, 3.63) is 0 Å². The lowest BCUT2D eigenvalue weighted by Crippen LogP contribution is -2.33. The van der Waals surface area contributed by atoms with E-state index in [-0.39, 0.29) is 12.4 Å². The van der Waals surface area contributed by atoms with Gasteiger partial charge in [0.1, 0.15) is 0 Å². The van der Waals surface area contributed by atoms with Crippen molar-refractivity contribution in [3.8, 4) is 0 Å². The van der Waals surface area contributed by atoms with Crippen LogP contribution in [0.3, 0.4) is 0 Å². The SMILES string of the molecule is CN1CCC[C@H](CC(=O)O)C1.Cl. The molecule has 12 heavy (non-hydrogen) atoms. The summed E-state index contributed by atoms with van der Waals surface area (Å²) >= 11 is 0. The minimum absolute atomic E-state index is 0. The number of hydrogen-bond donors (Lipinski definition) is 1. The summed E-state index contributed by atoms with van der Waals surface area (Å²) in [7, 11) is 2.05. The molecule has 0 aliphatic carbocycles. The summed E-state index contributed by atoms with van der Waals surface area (Å²) in [6, 6.07) is 0. The number of hydrogen-bond acceptors (Lipinski definition) is 2. The van der Waals surface area contributed by atoms with E-state index in [0.29, 0.717) is 12.3 Å². The summed E-state index contributed by atoms with van der Waals surface area (Å²) < 4.78 is 0. The smallest absolute Gasteiger partial charge is 0.303 e. The molecule has 0 unspecified atom stereocenters. The van der Waals surface area contributed by atoms with Gasteiger partial charge in [-0.3, -0.25) is 4.79 Å². The fourth-order valence-corrected chi connectivity index (χ4v) is 1.69. The first-order valence-corrected chi connectivity index (χ1v) is 4.09. The van der Waals surface area contributed by atoms with Gasteiger partial charge >= 0.3 is 5.97 Å². The van der Waals surface area contributed by atoms with Gasteiger partial charge in [0.05, 0.1) is 0 Å². The van der Waals surface area contributed by atoms with Crippen LogP contribution in [0, 0.1) is 5.92 Å². The van der Waals surface area contributed by atoms with Crippen LogP contribution in [0.15, 0.2) is 0 Å². The van der Waals surface area contributed by atoms with E-state index >= 15 is 0 Å². The Balaban J connectivity index is 0.00000121. The van der Waals surface area contributed by atoms with Crippen LogP contribution in [0.25, 0.3) is 0 Å². The molecule has 0 aromatic carbocycles. The van der Waals surface area contributed by atoms with Crippen molar-refractivity contribution < 1.29 is 9.90 Å². The summed E-state index contributed by atoms with van der Waals surface area (Å²) in [5, 5.41) is 8.53. The van der Waals surface area contributed by atoms with Crippen LogP contribution >= 0.6 is 12.4 Å². The zero-order chi connectivity index (χ0) is 8.27. The molecule has 72 valence electrons. The molecule has 1 fully saturated rings. The van der Waals surface area contributed by atoms with Crippen molar-refractivity contribution >= 4 is 18.4 Å². The van der Waals surface area contributed by atoms with Gasteiger partial charge in [0.15, 0.2) is 0 Å². The maximum Gasteiger partial charge on any atom is 0.303 e. The van der Waals surface area contributed by atoms with Crippen LogP contribution in [-0.2, 0) is 4.79 Å². The van der Waals surface area contributed by atoms with Crippen LogP contribution in [0.1, 0.15) is 19.3 Å². The molecule has 0 amide bonds. The van der Waals surface area contributed by atoms with Crippen molar-refractivity contribution in [1.82, 2.24) is 4.90 Å². The zero-order valence-corrected chi connectivity index (χ0v) is 8.14. The Bertz CT molecular complexity index is 152. The van der Waals surface area contributed by atoms with E-state index < -0.39 is 5.97 Å². The summed E-state index contributed by atoms with van der Waals surface area (Å²) in [5.41, 5.74) is 0. The van der Waals surface area contributed by atoms with E-state index in [2.05, 4.69) is 4.90 Å². The van der Waals surface area contributed by atoms with Crippen LogP contribution in [-0.4, -0.2) is 36.1 Å². The van der Waals surface area contributed by atoms with Gasteiger partial charge in [0.25, 0.3) is 0 Å². The summed E-state index contributed by atoms with van der Waals surface area (Å²) in [6.45, 7) is 2.07. The van der Waals surface area contributed by atoms with E-state index in [9.17, 15) is 4.79 Å². The van der Waals surface area contributed by atoms with Crippen LogP contribution in [0.2, 0.25) is 0 Å². The second-order valence-electron chi connectivity index (χ2n) is 3.37. The third kappa shape index (κ3) is 3.93. The van der Waals surface area contributed by atoms with Gasteiger partial charge < -0.3 is 10.0 Å². The molecular weight excluding hydrogens is 178 g/mol. The lowest BCUT2D eigenvalue weighted by atomic mass is 9.95. The molecule has 1 rings (SSSR count). The molecule has 1 heterocycles. The third-order valence-corrected chi connectivity index (χ3v) is 2.19. The number of rotatable bonds is 2. The minimum atomic E-state index is -0.662. The predicted octanol–water partition coefficient (Wildman–Crippen LogP) is 1.22. The fourth-order valence-electron chi connectivity index (χ4n) is 1.69. The minimum Gasteiger partial charge on any atom is -0.481 e. The number of aliphatic carboxylic acids is 1. The predicted molar refractivity (Wildman–Crippen MR) is 49.7 cm³/mol. The molecule has 1 atom stereocenters. The Morgan fingerprint density at radius 1 is 1.67 bits per heavy atom. The molecule has 0 bridgehead atoms. The Morgan fingerprint density at radius 3 is 2.83 bits per heavy atom. The number of carbonyl (C=O) groups is 1. The summed E-state index contributed by atoms with van der Waals surface area (Å²) in [5.74, 6) is -0.281. The highest BCUT2D eigenvalue weighted by Crippen LogP contribution is 2.17. The number of carboxylic acids is 1. The molecule has 4 heteroatoms. The summed E-state index contributed by atoms with van der Waals surface area (Å²) in [4.78, 5) is 12.6. The highest BCUT2D eigenvalue weighted by molar-refractivity contribution is 5.85. The van der Waals surface area contributed by atoms with E-state index in [0.717, 1.165) is 25.9 Å². The maximum absolute atomic E-state index is 10.4. The number of halogens is 1. The van der Waals surface area contributed by atoms with Crippen LogP contribution in [0.4, 0.5) is 0 Å². The van der Waals surface area contributed by atoms with E-state index in [1.807, 2.05) is 7.05 Å². The Kier molecular flexibility index (Phi) is 5.25. The van der Waals surface area contributed by atoms with Crippen molar-refractivity contribution in [1.29, 1.82) is 0 Å². The van der Waals surface area contributed by atoms with Gasteiger partial charge in [-0.25, -0.2) is 0 Å². The molecular formula is C8H16ClNO2. The molecule has 1 aliphatic rings. The highest BCUT2D eigenvalue weighted by Gasteiger charge is 2.19. The molecule has 0 aromatic heterocycles. The maximum atomic E-state index is 10.4. The lowest BCUT2D eigenvalue weighted by molar-refractivity contribution is -0.138. The molecule has 1 aliphatic heterocycles. The molecule has 0 saturated carbocycles. The van der Waals surface area contributed by atoms with Gasteiger partial charge in [-0.15, -0.1) is 12.4 Å². The average molecular weight is 194 g/mol. The average Bonchev–Trinajstić information content (AvgIpc) is 1.85. The highest BCUT2D eigenvalue weighted by atomic mass is 35.5. The second-order valence-corrected chi connectivity index (χ2v) is 3.37. The Labute approximate surface area is 79.2 Å². The fraction of sp³-hybridized carbons (Fsp3) is 0.875. The van der Waals surface area contributed by atoms with Crippen molar-refractivity contribution in [2.45, 2.75) is 19.3 Å². The van der Waals surface area contributed by atoms with E-state index in [1.165, 1.54) is 0 Å². The Morgan fingerprint density at radius 2 is 2.33 bits per heavy atom. The second kappa shape index (κ2) is 5.38. The monoisotopic (exact) mass is 193 g/mol. The van der Waals surface area contributed by atoms with E-state index in [1.54, 1.807) is 0 Å². The third-order valence-electron chi connectivity index (χ3n) is 2.19. The number of likely N-dealkylation sites (tertiary alicyclic amines) is 1. The van der Waals surface area contributed by atoms with Crippen molar-refractivity contribution in [2.75, 3.05) is 20.1 Å². The number of nitrogens with zero attached hydrogens (tertiary/aromatic N) is 1. The van der Waals surface area contributed by atoms with E-state index in [4.69, 9.17) is 5.11 Å². The summed E-state index contributed by atoms with van der Waals surface area (Å²) in [6.07, 6.45) is 2.56. The van der Waals surface area contributed by atoms with Crippen molar-refractivity contribution in [3.63, 3.8) is 0 Å². The molecule has 0 radical (unpaired) electrons. The standard InChI is InChI=1S/C8H15NO2.ClH/c1-9-4-2-3-7(6-9)5-8(10)11;/h7H,2-6H2,1H3,(H,10,11);1H/t7-;/m1./s1. The molecule has 3 nitrogen and oxygen atoms in total. The normalized spacial score (nSPS) is 24.6. The topological polar surface area (TPSA) is 40.5 Å². The molecule has 1 N–H and O–H groups in total. The molecule has 0 spiro atoms. The van der Waals surface area contributed by atoms with Crippen LogP contribution in [0.5, 0.6) is 0 Å². The number of piperidine rings is 1. The molecule has 1 saturated heterocycles. The number of carboxylic acid groups (broad SMARTS) is 1. The van der Waals surface area contributed by atoms with Gasteiger partial charge in [-0.05, 0) is 32.4 Å². The zero-order valence-electron chi connectivity index (χ0n) is 7.32. The lowest BCUT2D eigenvalue weighted by Gasteiger charge is -2.28.